The Hall–Kier alpha value is -2.10. The van der Waals surface area contributed by atoms with Gasteiger partial charge in [0.2, 0.25) is 0 Å². The third kappa shape index (κ3) is 4.74. The molecule has 0 spiro atoms. The van der Waals surface area contributed by atoms with E-state index in [0.717, 1.165) is 32.1 Å². The second kappa shape index (κ2) is 8.25. The summed E-state index contributed by atoms with van der Waals surface area (Å²) in [6.07, 6.45) is 8.70. The molecule has 0 bridgehead atoms. The van der Waals surface area contributed by atoms with Crippen molar-refractivity contribution < 1.29 is 19.1 Å². The molecule has 0 unspecified atom stereocenters. The molecule has 1 aromatic rings. The number of ether oxygens (including phenoxy) is 2. The molecule has 0 fully saturated rings. The maximum atomic E-state index is 12.0. The Morgan fingerprint density at radius 1 is 0.714 bits per heavy atom. The number of allylic oxidation sites excluding steroid dienone is 2. The van der Waals surface area contributed by atoms with Crippen LogP contribution in [0, 0.1) is 0 Å². The Kier molecular flexibility index (Phi) is 6.00. The van der Waals surface area contributed by atoms with Crippen molar-refractivity contribution in [3.8, 4) is 0 Å². The lowest BCUT2D eigenvalue weighted by Crippen LogP contribution is -2.14. The number of hydrogen-bond donors (Lipinski definition) is 0. The van der Waals surface area contributed by atoms with Gasteiger partial charge in [-0.05, 0) is 44.2 Å². The first-order chi connectivity index (χ1) is 10.3. The number of carbonyl (C=O) groups excluding carboxylic acids is 2. The van der Waals surface area contributed by atoms with Crippen molar-refractivity contribution in [3.63, 3.8) is 0 Å². The SMILES string of the molecule is O=C1OCCC/C=C/CCCCOC(=O)c2ccccc21. The fraction of sp³-hybridized carbons (Fsp3) is 0.412. The summed E-state index contributed by atoms with van der Waals surface area (Å²) >= 11 is 0. The van der Waals surface area contributed by atoms with Gasteiger partial charge in [-0.3, -0.25) is 0 Å². The molecule has 112 valence electrons. The number of benzene rings is 1. The smallest absolute Gasteiger partial charge is 0.339 e. The molecule has 0 aromatic heterocycles. The van der Waals surface area contributed by atoms with Gasteiger partial charge in [0, 0.05) is 0 Å². The van der Waals surface area contributed by atoms with E-state index in [4.69, 9.17) is 9.47 Å². The minimum atomic E-state index is -0.471. The van der Waals surface area contributed by atoms with Crippen LogP contribution in [-0.4, -0.2) is 25.2 Å². The van der Waals surface area contributed by atoms with E-state index in [1.165, 1.54) is 0 Å². The average Bonchev–Trinajstić information content (AvgIpc) is 2.51. The largest absolute Gasteiger partial charge is 0.462 e. The molecule has 4 heteroatoms. The Labute approximate surface area is 124 Å². The van der Waals surface area contributed by atoms with Gasteiger partial charge in [-0.15, -0.1) is 0 Å². The van der Waals surface area contributed by atoms with Gasteiger partial charge in [0.05, 0.1) is 24.3 Å². The first-order valence-corrected chi connectivity index (χ1v) is 7.37. The van der Waals surface area contributed by atoms with Crippen LogP contribution in [0.5, 0.6) is 0 Å². The predicted molar refractivity (Wildman–Crippen MR) is 79.2 cm³/mol. The molecule has 4 nitrogen and oxygen atoms in total. The van der Waals surface area contributed by atoms with Crippen molar-refractivity contribution in [3.05, 3.63) is 47.5 Å². The summed E-state index contributed by atoms with van der Waals surface area (Å²) in [6, 6.07) is 6.62. The lowest BCUT2D eigenvalue weighted by atomic mass is 10.1. The van der Waals surface area contributed by atoms with Crippen molar-refractivity contribution in [1.82, 2.24) is 0 Å². The molecule has 21 heavy (non-hydrogen) atoms. The van der Waals surface area contributed by atoms with Gasteiger partial charge >= 0.3 is 11.9 Å². The highest BCUT2D eigenvalue weighted by molar-refractivity contribution is 6.03. The first-order valence-electron chi connectivity index (χ1n) is 7.37. The summed E-state index contributed by atoms with van der Waals surface area (Å²) in [4.78, 5) is 24.1. The lowest BCUT2D eigenvalue weighted by molar-refractivity contribution is 0.0453. The Balaban J connectivity index is 2.12. The van der Waals surface area contributed by atoms with Gasteiger partial charge in [0.25, 0.3) is 0 Å². The molecule has 2 rings (SSSR count). The number of hydrogen-bond acceptors (Lipinski definition) is 4. The van der Waals surface area contributed by atoms with Crippen molar-refractivity contribution in [2.75, 3.05) is 13.2 Å². The van der Waals surface area contributed by atoms with Gasteiger partial charge in [0.1, 0.15) is 0 Å². The summed E-state index contributed by atoms with van der Waals surface area (Å²) in [5, 5.41) is 0. The first kappa shape index (κ1) is 15.3. The highest BCUT2D eigenvalue weighted by Gasteiger charge is 2.18. The second-order valence-corrected chi connectivity index (χ2v) is 4.93. The van der Waals surface area contributed by atoms with Crippen molar-refractivity contribution in [1.29, 1.82) is 0 Å². The van der Waals surface area contributed by atoms with E-state index in [0.29, 0.717) is 13.2 Å². The minimum Gasteiger partial charge on any atom is -0.462 e. The van der Waals surface area contributed by atoms with Crippen molar-refractivity contribution in [2.24, 2.45) is 0 Å². The molecule has 0 saturated carbocycles. The summed E-state index contributed by atoms with van der Waals surface area (Å²) in [5.74, 6) is -0.936. The zero-order chi connectivity index (χ0) is 14.9. The second-order valence-electron chi connectivity index (χ2n) is 4.93. The van der Waals surface area contributed by atoms with E-state index in [-0.39, 0.29) is 11.1 Å². The van der Waals surface area contributed by atoms with Gasteiger partial charge in [-0.2, -0.15) is 0 Å². The maximum absolute atomic E-state index is 12.0. The molecule has 0 amide bonds. The maximum Gasteiger partial charge on any atom is 0.339 e. The number of rotatable bonds is 0. The molecule has 1 aliphatic heterocycles. The normalized spacial score (nSPS) is 19.4. The third-order valence-corrected chi connectivity index (χ3v) is 3.28. The van der Waals surface area contributed by atoms with E-state index in [1.807, 2.05) is 0 Å². The summed E-state index contributed by atoms with van der Waals surface area (Å²) in [6.45, 7) is 0.725. The number of carbonyl (C=O) groups is 2. The average molecular weight is 288 g/mol. The number of fused-ring (bicyclic) bond motifs is 1. The molecular formula is C17H20O4. The van der Waals surface area contributed by atoms with Crippen LogP contribution in [0.3, 0.4) is 0 Å². The van der Waals surface area contributed by atoms with E-state index in [9.17, 15) is 9.59 Å². The van der Waals surface area contributed by atoms with Crippen LogP contribution in [0.4, 0.5) is 0 Å². The molecule has 0 saturated heterocycles. The fourth-order valence-electron chi connectivity index (χ4n) is 2.13. The van der Waals surface area contributed by atoms with Gasteiger partial charge < -0.3 is 9.47 Å². The lowest BCUT2D eigenvalue weighted by Gasteiger charge is -2.09. The monoisotopic (exact) mass is 288 g/mol. The van der Waals surface area contributed by atoms with Crippen LogP contribution in [0.25, 0.3) is 0 Å². The highest BCUT2D eigenvalue weighted by Crippen LogP contribution is 2.13. The molecule has 1 aromatic carbocycles. The molecule has 1 aliphatic rings. The standard InChI is InChI=1S/C17H20O4/c18-16-14-10-6-7-11-15(14)17(19)21-13-9-5-3-1-2-4-8-12-20-16/h1-2,6-7,10-11H,3-5,8-9,12-13H2/b2-1+. The Morgan fingerprint density at radius 2 is 1.24 bits per heavy atom. The Bertz CT molecular complexity index is 519. The van der Waals surface area contributed by atoms with Crippen LogP contribution >= 0.6 is 0 Å². The van der Waals surface area contributed by atoms with Crippen LogP contribution in [0.1, 0.15) is 52.8 Å². The summed E-state index contributed by atoms with van der Waals surface area (Å²) in [5.41, 5.74) is 0.545. The highest BCUT2D eigenvalue weighted by atomic mass is 16.5. The quantitative estimate of drug-likeness (QED) is 0.541. The summed E-state index contributed by atoms with van der Waals surface area (Å²) < 4.78 is 10.4. The van der Waals surface area contributed by atoms with Gasteiger partial charge in [0.15, 0.2) is 0 Å². The van der Waals surface area contributed by atoms with Crippen molar-refractivity contribution >= 4 is 11.9 Å². The predicted octanol–water partition coefficient (Wildman–Crippen LogP) is 3.52. The molecule has 0 atom stereocenters. The summed E-state index contributed by atoms with van der Waals surface area (Å²) in [7, 11) is 0. The number of esters is 2. The van der Waals surface area contributed by atoms with Gasteiger partial charge in [-0.1, -0.05) is 24.3 Å². The molecule has 0 aliphatic carbocycles. The zero-order valence-electron chi connectivity index (χ0n) is 12.0. The molecule has 0 radical (unpaired) electrons. The van der Waals surface area contributed by atoms with E-state index >= 15 is 0 Å². The Morgan fingerprint density at radius 3 is 1.86 bits per heavy atom. The van der Waals surface area contributed by atoms with E-state index < -0.39 is 11.9 Å². The van der Waals surface area contributed by atoms with Gasteiger partial charge in [-0.25, -0.2) is 9.59 Å². The molecule has 1 heterocycles. The number of cyclic esters (lactones) is 2. The van der Waals surface area contributed by atoms with Crippen LogP contribution in [0.2, 0.25) is 0 Å². The topological polar surface area (TPSA) is 52.6 Å². The van der Waals surface area contributed by atoms with E-state index in [1.54, 1.807) is 24.3 Å². The molecular weight excluding hydrogens is 268 g/mol. The van der Waals surface area contributed by atoms with Crippen molar-refractivity contribution in [2.45, 2.75) is 32.1 Å². The zero-order valence-corrected chi connectivity index (χ0v) is 12.0. The van der Waals surface area contributed by atoms with Crippen LogP contribution in [0.15, 0.2) is 36.4 Å². The molecule has 0 N–H and O–H groups in total. The van der Waals surface area contributed by atoms with Crippen LogP contribution in [-0.2, 0) is 9.47 Å². The fourth-order valence-corrected chi connectivity index (χ4v) is 2.13. The van der Waals surface area contributed by atoms with E-state index in [2.05, 4.69) is 12.2 Å². The third-order valence-electron chi connectivity index (χ3n) is 3.28. The minimum absolute atomic E-state index is 0.271. The van der Waals surface area contributed by atoms with Crippen LogP contribution < -0.4 is 0 Å².